The van der Waals surface area contributed by atoms with E-state index < -0.39 is 34.5 Å². The molecule has 180 valence electrons. The van der Waals surface area contributed by atoms with E-state index in [1.807, 2.05) is 12.1 Å². The number of carboxylic acid groups (broad SMARTS) is 1. The maximum atomic E-state index is 12.6. The molecule has 0 radical (unpaired) electrons. The van der Waals surface area contributed by atoms with Crippen molar-refractivity contribution in [3.63, 3.8) is 0 Å². The highest BCUT2D eigenvalue weighted by Gasteiger charge is 2.26. The van der Waals surface area contributed by atoms with Crippen molar-refractivity contribution in [3.05, 3.63) is 90.4 Å². The molecule has 35 heavy (non-hydrogen) atoms. The molecule has 0 aliphatic heterocycles. The van der Waals surface area contributed by atoms with Crippen LogP contribution in [0.25, 0.3) is 10.9 Å². The Morgan fingerprint density at radius 1 is 1.03 bits per heavy atom. The van der Waals surface area contributed by atoms with Crippen molar-refractivity contribution in [1.82, 2.24) is 20.0 Å². The van der Waals surface area contributed by atoms with Crippen LogP contribution < -0.4 is 14.8 Å². The molecule has 4 aromatic rings. The summed E-state index contributed by atoms with van der Waals surface area (Å²) in [6.07, 6.45) is 3.36. The molecule has 4 N–H and O–H groups in total. The lowest BCUT2D eigenvalue weighted by Gasteiger charge is -2.15. The minimum Gasteiger partial charge on any atom is -0.489 e. The number of hydrogen-bond acceptors (Lipinski definition) is 6. The topological polar surface area (TPSA) is 150 Å². The second kappa shape index (κ2) is 10.4. The van der Waals surface area contributed by atoms with Crippen LogP contribution in [-0.4, -0.2) is 48.0 Å². The molecule has 11 heteroatoms. The molecular weight excluding hydrogens is 472 g/mol. The molecule has 10 nitrogen and oxygen atoms in total. The highest BCUT2D eigenvalue weighted by molar-refractivity contribution is 7.89. The Morgan fingerprint density at radius 2 is 1.77 bits per heavy atom. The van der Waals surface area contributed by atoms with Crippen molar-refractivity contribution in [3.8, 4) is 5.75 Å². The van der Waals surface area contributed by atoms with Gasteiger partial charge in [0.25, 0.3) is 5.91 Å². The predicted octanol–water partition coefficient (Wildman–Crippen LogP) is 2.30. The Hall–Kier alpha value is -4.22. The number of nitrogens with one attached hydrogen (secondary N) is 3. The number of carbonyl (C=O) groups is 2. The van der Waals surface area contributed by atoms with Crippen molar-refractivity contribution in [2.75, 3.05) is 6.54 Å². The van der Waals surface area contributed by atoms with E-state index >= 15 is 0 Å². The number of H-pyrrole nitrogens is 1. The number of sulfonamides is 1. The van der Waals surface area contributed by atoms with Crippen molar-refractivity contribution in [2.24, 2.45) is 0 Å². The highest BCUT2D eigenvalue weighted by Crippen LogP contribution is 2.22. The SMILES string of the molecule is O=C(NC[C@H](NS(=O)(=O)c1ccccc1)C(=O)O)c1cc2cc(OCc3ccncc3)ccc2[nH]1. The van der Waals surface area contributed by atoms with E-state index in [1.54, 1.807) is 42.7 Å². The van der Waals surface area contributed by atoms with Crippen LogP contribution in [0.2, 0.25) is 0 Å². The van der Waals surface area contributed by atoms with Gasteiger partial charge in [0.1, 0.15) is 24.1 Å². The Morgan fingerprint density at radius 3 is 2.49 bits per heavy atom. The molecule has 2 aromatic carbocycles. The number of pyridine rings is 1. The van der Waals surface area contributed by atoms with Crippen LogP contribution in [0.15, 0.2) is 84.0 Å². The molecule has 0 aliphatic rings. The van der Waals surface area contributed by atoms with Gasteiger partial charge in [-0.25, -0.2) is 8.42 Å². The van der Waals surface area contributed by atoms with Crippen LogP contribution in [0.1, 0.15) is 16.1 Å². The molecule has 0 aliphatic carbocycles. The first-order valence-corrected chi connectivity index (χ1v) is 12.0. The summed E-state index contributed by atoms with van der Waals surface area (Å²) >= 11 is 0. The lowest BCUT2D eigenvalue weighted by Crippen LogP contribution is -2.48. The molecule has 0 spiro atoms. The summed E-state index contributed by atoms with van der Waals surface area (Å²) in [6.45, 7) is -0.0862. The predicted molar refractivity (Wildman–Crippen MR) is 127 cm³/mol. The maximum absolute atomic E-state index is 12.6. The van der Waals surface area contributed by atoms with E-state index in [9.17, 15) is 23.1 Å². The number of hydrogen-bond donors (Lipinski definition) is 4. The molecule has 2 heterocycles. The first-order chi connectivity index (χ1) is 16.8. The number of benzene rings is 2. The van der Waals surface area contributed by atoms with Crippen LogP contribution in [-0.2, 0) is 21.4 Å². The summed E-state index contributed by atoms with van der Waals surface area (Å²) in [7, 11) is -4.08. The van der Waals surface area contributed by atoms with E-state index in [1.165, 1.54) is 24.3 Å². The number of ether oxygens (including phenoxy) is 1. The van der Waals surface area contributed by atoms with Gasteiger partial charge in [-0.3, -0.25) is 14.6 Å². The summed E-state index contributed by atoms with van der Waals surface area (Å²) in [5, 5.41) is 12.6. The Labute approximate surface area is 201 Å². The van der Waals surface area contributed by atoms with E-state index in [0.29, 0.717) is 17.9 Å². The quantitative estimate of drug-likeness (QED) is 0.264. The average molecular weight is 495 g/mol. The van der Waals surface area contributed by atoms with Crippen LogP contribution in [0.3, 0.4) is 0 Å². The summed E-state index contributed by atoms with van der Waals surface area (Å²) in [6, 6.07) is 16.4. The van der Waals surface area contributed by atoms with Gasteiger partial charge in [-0.15, -0.1) is 0 Å². The van der Waals surface area contributed by atoms with Gasteiger partial charge in [0, 0.05) is 29.8 Å². The molecule has 2 aromatic heterocycles. The molecule has 0 saturated heterocycles. The van der Waals surface area contributed by atoms with Gasteiger partial charge in [-0.2, -0.15) is 4.72 Å². The Kier molecular flexibility index (Phi) is 7.09. The van der Waals surface area contributed by atoms with Crippen LogP contribution in [0.4, 0.5) is 0 Å². The second-order valence-electron chi connectivity index (χ2n) is 7.61. The van der Waals surface area contributed by atoms with E-state index in [4.69, 9.17) is 4.74 Å². The van der Waals surface area contributed by atoms with Crippen molar-refractivity contribution < 1.29 is 27.9 Å². The largest absolute Gasteiger partial charge is 0.489 e. The minimum absolute atomic E-state index is 0.0739. The number of aliphatic carboxylic acids is 1. The van der Waals surface area contributed by atoms with Gasteiger partial charge < -0.3 is 20.1 Å². The van der Waals surface area contributed by atoms with Crippen molar-refractivity contribution in [1.29, 1.82) is 0 Å². The minimum atomic E-state index is -4.08. The van der Waals surface area contributed by atoms with Gasteiger partial charge in [-0.05, 0) is 54.1 Å². The molecule has 4 rings (SSSR count). The van der Waals surface area contributed by atoms with Crippen LogP contribution in [0, 0.1) is 0 Å². The van der Waals surface area contributed by atoms with Crippen molar-refractivity contribution >= 4 is 32.8 Å². The molecule has 0 unspecified atom stereocenters. The van der Waals surface area contributed by atoms with Gasteiger partial charge in [0.05, 0.1) is 4.90 Å². The van der Waals surface area contributed by atoms with Crippen LogP contribution in [0.5, 0.6) is 5.75 Å². The number of nitrogens with zero attached hydrogens (tertiary/aromatic N) is 1. The Balaban J connectivity index is 1.40. The molecule has 0 bridgehead atoms. The number of aromatic amines is 1. The number of aromatic nitrogens is 2. The average Bonchev–Trinajstić information content (AvgIpc) is 3.30. The van der Waals surface area contributed by atoms with E-state index in [-0.39, 0.29) is 10.6 Å². The maximum Gasteiger partial charge on any atom is 0.323 e. The summed E-state index contributed by atoms with van der Waals surface area (Å²) in [5.41, 5.74) is 1.84. The fourth-order valence-electron chi connectivity index (χ4n) is 3.29. The monoisotopic (exact) mass is 494 g/mol. The number of carboxylic acids is 1. The molecule has 0 saturated carbocycles. The fourth-order valence-corrected chi connectivity index (χ4v) is 4.50. The number of amides is 1. The third kappa shape index (κ3) is 6.02. The van der Waals surface area contributed by atoms with Gasteiger partial charge in [0.15, 0.2) is 0 Å². The van der Waals surface area contributed by atoms with Gasteiger partial charge in [0.2, 0.25) is 10.0 Å². The molecular formula is C24H22N4O6S. The summed E-state index contributed by atoms with van der Waals surface area (Å²) < 4.78 is 32.8. The normalized spacial score (nSPS) is 12.2. The lowest BCUT2D eigenvalue weighted by molar-refractivity contribution is -0.138. The third-order valence-corrected chi connectivity index (χ3v) is 6.60. The first kappa shape index (κ1) is 23.9. The van der Waals surface area contributed by atoms with Gasteiger partial charge >= 0.3 is 5.97 Å². The van der Waals surface area contributed by atoms with E-state index in [2.05, 4.69) is 20.0 Å². The van der Waals surface area contributed by atoms with Gasteiger partial charge in [-0.1, -0.05) is 18.2 Å². The molecule has 1 amide bonds. The zero-order valence-corrected chi connectivity index (χ0v) is 19.2. The summed E-state index contributed by atoms with van der Waals surface area (Å²) in [4.78, 5) is 31.1. The zero-order valence-electron chi connectivity index (χ0n) is 18.3. The Bertz CT molecular complexity index is 1440. The fraction of sp³-hybridized carbons (Fsp3) is 0.125. The number of carbonyl (C=O) groups excluding carboxylic acids is 1. The molecule has 0 fully saturated rings. The van der Waals surface area contributed by atoms with E-state index in [0.717, 1.165) is 10.9 Å². The molecule has 1 atom stereocenters. The standard InChI is InChI=1S/C24H22N4O6S/c29-23(26-14-22(24(30)31)28-35(32,33)19-4-2-1-3-5-19)21-13-17-12-18(6-7-20(17)27-21)34-15-16-8-10-25-11-9-16/h1-13,22,27-28H,14-15H2,(H,26,29)(H,30,31)/t22-/m0/s1. The number of fused-ring (bicyclic) bond motifs is 1. The summed E-state index contributed by atoms with van der Waals surface area (Å²) in [5.74, 6) is -1.38. The number of rotatable bonds is 10. The second-order valence-corrected chi connectivity index (χ2v) is 9.33. The zero-order chi connectivity index (χ0) is 24.8. The first-order valence-electron chi connectivity index (χ1n) is 10.5. The van der Waals surface area contributed by atoms with Crippen molar-refractivity contribution in [2.45, 2.75) is 17.5 Å². The lowest BCUT2D eigenvalue weighted by atomic mass is 10.2. The highest BCUT2D eigenvalue weighted by atomic mass is 32.2. The third-order valence-electron chi connectivity index (χ3n) is 5.11. The smallest absolute Gasteiger partial charge is 0.323 e. The van der Waals surface area contributed by atoms with Crippen LogP contribution >= 0.6 is 0 Å².